The molecule has 0 bridgehead atoms. The third-order valence-corrected chi connectivity index (χ3v) is 3.09. The van der Waals surface area contributed by atoms with E-state index >= 15 is 0 Å². The van der Waals surface area contributed by atoms with E-state index in [-0.39, 0.29) is 0 Å². The number of nitrogens with zero attached hydrogens (tertiary/aromatic N) is 2. The fourth-order valence-electron chi connectivity index (χ4n) is 1.02. The molecule has 0 saturated carbocycles. The molecule has 1 unspecified atom stereocenters. The molecule has 2 nitrogen and oxygen atoms in total. The van der Waals surface area contributed by atoms with Gasteiger partial charge in [-0.25, -0.2) is 0 Å². The fourth-order valence-corrected chi connectivity index (χ4v) is 2.09. The van der Waals surface area contributed by atoms with Gasteiger partial charge in [0.05, 0.1) is 16.5 Å². The summed E-state index contributed by atoms with van der Waals surface area (Å²) in [4.78, 5) is 0.624. The van der Waals surface area contributed by atoms with Crippen LogP contribution in [0.1, 0.15) is 19.8 Å². The summed E-state index contributed by atoms with van der Waals surface area (Å²) >= 11 is 1.54. The minimum absolute atomic E-state index is 0.458. The van der Waals surface area contributed by atoms with Gasteiger partial charge < -0.3 is 0 Å². The second kappa shape index (κ2) is 3.46. The summed E-state index contributed by atoms with van der Waals surface area (Å²) in [6.45, 7) is 2.08. The maximum absolute atomic E-state index is 8.61. The molecular weight excluding hydrogens is 156 g/mol. The van der Waals surface area contributed by atoms with Crippen LogP contribution in [-0.2, 0) is 0 Å². The van der Waals surface area contributed by atoms with Crippen LogP contribution in [0.2, 0.25) is 0 Å². The molecule has 0 spiro atoms. The predicted molar refractivity (Wildman–Crippen MR) is 44.5 cm³/mol. The van der Waals surface area contributed by atoms with E-state index in [4.69, 9.17) is 10.5 Å². The van der Waals surface area contributed by atoms with Gasteiger partial charge in [-0.2, -0.15) is 10.5 Å². The summed E-state index contributed by atoms with van der Waals surface area (Å²) in [7, 11) is 0. The van der Waals surface area contributed by atoms with Gasteiger partial charge in [-0.3, -0.25) is 0 Å². The van der Waals surface area contributed by atoms with Crippen molar-refractivity contribution in [2.45, 2.75) is 25.0 Å². The minimum Gasteiger partial charge on any atom is -0.193 e. The third kappa shape index (κ3) is 1.56. The molecule has 1 aliphatic rings. The Kier molecular flexibility index (Phi) is 2.57. The number of thioether (sulfide) groups is 1. The van der Waals surface area contributed by atoms with Gasteiger partial charge in [-0.1, -0.05) is 6.92 Å². The van der Waals surface area contributed by atoms with Gasteiger partial charge in [-0.15, -0.1) is 11.8 Å². The molecule has 1 heterocycles. The lowest BCUT2D eigenvalue weighted by Gasteiger charge is -2.00. The normalized spacial score (nSPS) is 23.0. The molecule has 1 atom stereocenters. The molecule has 0 aromatic rings. The first-order chi connectivity index (χ1) is 5.31. The Morgan fingerprint density at radius 2 is 2.27 bits per heavy atom. The second-order valence-electron chi connectivity index (χ2n) is 2.38. The van der Waals surface area contributed by atoms with Crippen molar-refractivity contribution in [3.8, 4) is 12.1 Å². The summed E-state index contributed by atoms with van der Waals surface area (Å²) in [5.74, 6) is 0. The first kappa shape index (κ1) is 8.17. The highest BCUT2D eigenvalue weighted by Gasteiger charge is 2.23. The molecule has 0 radical (unpaired) electrons. The molecular formula is C8H8N2S. The summed E-state index contributed by atoms with van der Waals surface area (Å²) in [6.07, 6.45) is 1.81. The Morgan fingerprint density at radius 1 is 1.55 bits per heavy atom. The summed E-state index contributed by atoms with van der Waals surface area (Å²) in [6, 6.07) is 4.11. The lowest BCUT2D eigenvalue weighted by molar-refractivity contribution is 0.835. The van der Waals surface area contributed by atoms with Crippen molar-refractivity contribution in [1.82, 2.24) is 0 Å². The average molecular weight is 164 g/mol. The van der Waals surface area contributed by atoms with E-state index in [9.17, 15) is 0 Å². The average Bonchev–Trinajstić information content (AvgIpc) is 2.46. The van der Waals surface area contributed by atoms with Gasteiger partial charge in [0, 0.05) is 5.25 Å². The Hall–Kier alpha value is -0.930. The van der Waals surface area contributed by atoms with Crippen LogP contribution in [0.25, 0.3) is 0 Å². The smallest absolute Gasteiger partial charge is 0.107 e. The number of hydrogen-bond donors (Lipinski definition) is 0. The van der Waals surface area contributed by atoms with E-state index in [1.54, 1.807) is 0 Å². The van der Waals surface area contributed by atoms with Crippen molar-refractivity contribution < 1.29 is 0 Å². The van der Waals surface area contributed by atoms with Crippen molar-refractivity contribution >= 4 is 11.8 Å². The number of rotatable bonds is 1. The molecule has 0 aliphatic carbocycles. The van der Waals surface area contributed by atoms with Crippen LogP contribution in [0.15, 0.2) is 10.5 Å². The summed E-state index contributed by atoms with van der Waals surface area (Å²) in [5.41, 5.74) is 0.671. The van der Waals surface area contributed by atoms with Gasteiger partial charge in [0.1, 0.15) is 6.07 Å². The lowest BCUT2D eigenvalue weighted by atomic mass is 10.1. The van der Waals surface area contributed by atoms with E-state index in [1.165, 1.54) is 11.8 Å². The van der Waals surface area contributed by atoms with Crippen molar-refractivity contribution in [2.75, 3.05) is 0 Å². The van der Waals surface area contributed by atoms with Crippen molar-refractivity contribution in [3.05, 3.63) is 10.5 Å². The highest BCUT2D eigenvalue weighted by molar-refractivity contribution is 8.04. The van der Waals surface area contributed by atoms with Gasteiger partial charge in [0.15, 0.2) is 0 Å². The van der Waals surface area contributed by atoms with Crippen LogP contribution in [0.3, 0.4) is 0 Å². The van der Waals surface area contributed by atoms with Crippen LogP contribution in [0.4, 0.5) is 0 Å². The molecule has 0 amide bonds. The van der Waals surface area contributed by atoms with Crippen LogP contribution in [0.5, 0.6) is 0 Å². The van der Waals surface area contributed by atoms with E-state index in [0.717, 1.165) is 12.8 Å². The largest absolute Gasteiger partial charge is 0.193 e. The zero-order valence-corrected chi connectivity index (χ0v) is 7.11. The van der Waals surface area contributed by atoms with E-state index in [2.05, 4.69) is 13.0 Å². The molecule has 1 aliphatic heterocycles. The van der Waals surface area contributed by atoms with Gasteiger partial charge in [0.25, 0.3) is 0 Å². The maximum atomic E-state index is 8.61. The lowest BCUT2D eigenvalue weighted by Crippen LogP contribution is -1.93. The molecule has 0 aromatic heterocycles. The van der Waals surface area contributed by atoms with E-state index in [0.29, 0.717) is 15.7 Å². The monoisotopic (exact) mass is 164 g/mol. The molecule has 0 N–H and O–H groups in total. The van der Waals surface area contributed by atoms with Gasteiger partial charge >= 0.3 is 0 Å². The van der Waals surface area contributed by atoms with Crippen LogP contribution in [-0.4, -0.2) is 5.25 Å². The van der Waals surface area contributed by atoms with Crippen LogP contribution in [0, 0.1) is 22.7 Å². The van der Waals surface area contributed by atoms with Crippen molar-refractivity contribution in [3.63, 3.8) is 0 Å². The van der Waals surface area contributed by atoms with E-state index in [1.807, 2.05) is 6.07 Å². The molecule has 3 heteroatoms. The quantitative estimate of drug-likeness (QED) is 0.597. The Labute approximate surface area is 70.5 Å². The summed E-state index contributed by atoms with van der Waals surface area (Å²) < 4.78 is 0. The molecule has 0 fully saturated rings. The number of hydrogen-bond acceptors (Lipinski definition) is 3. The second-order valence-corrected chi connectivity index (χ2v) is 3.69. The molecule has 0 aromatic carbocycles. The third-order valence-electron chi connectivity index (χ3n) is 1.68. The first-order valence-corrected chi connectivity index (χ1v) is 4.39. The highest BCUT2D eigenvalue weighted by Crippen LogP contribution is 2.38. The highest BCUT2D eigenvalue weighted by atomic mass is 32.2. The molecule has 1 rings (SSSR count). The number of allylic oxidation sites excluding steroid dienone is 2. The molecule has 0 saturated heterocycles. The Balaban J connectivity index is 2.76. The topological polar surface area (TPSA) is 47.6 Å². The van der Waals surface area contributed by atoms with Gasteiger partial charge in [0.2, 0.25) is 0 Å². The Bertz CT molecular complexity index is 241. The molecule has 56 valence electrons. The predicted octanol–water partition coefficient (Wildman–Crippen LogP) is 2.20. The van der Waals surface area contributed by atoms with Crippen molar-refractivity contribution in [1.29, 1.82) is 10.5 Å². The molecule has 11 heavy (non-hydrogen) atoms. The minimum atomic E-state index is 0.458. The first-order valence-electron chi connectivity index (χ1n) is 3.51. The van der Waals surface area contributed by atoms with Crippen LogP contribution >= 0.6 is 11.8 Å². The SMILES string of the molecule is CCC1CC(C#N)=C(C#N)S1. The zero-order chi connectivity index (χ0) is 8.27. The van der Waals surface area contributed by atoms with E-state index < -0.39 is 0 Å². The zero-order valence-electron chi connectivity index (χ0n) is 6.29. The fraction of sp³-hybridized carbons (Fsp3) is 0.500. The number of nitriles is 2. The van der Waals surface area contributed by atoms with Gasteiger partial charge in [-0.05, 0) is 12.8 Å². The Morgan fingerprint density at radius 3 is 2.64 bits per heavy atom. The van der Waals surface area contributed by atoms with Crippen molar-refractivity contribution in [2.24, 2.45) is 0 Å². The standard InChI is InChI=1S/C8H8N2S/c1-2-7-3-6(4-9)8(5-10)11-7/h7H,2-3H2,1H3. The van der Waals surface area contributed by atoms with Crippen LogP contribution < -0.4 is 0 Å². The summed E-state index contributed by atoms with van der Waals surface area (Å²) in [5, 5.41) is 17.7. The maximum Gasteiger partial charge on any atom is 0.107 e.